The van der Waals surface area contributed by atoms with E-state index in [1.165, 1.54) is 22.0 Å². The highest BCUT2D eigenvalue weighted by Gasteiger charge is 2.21. The highest BCUT2D eigenvalue weighted by Crippen LogP contribution is 2.26. The monoisotopic (exact) mass is 425 g/mol. The summed E-state index contributed by atoms with van der Waals surface area (Å²) in [5.74, 6) is 7.70. The van der Waals surface area contributed by atoms with Gasteiger partial charge in [0.15, 0.2) is 5.82 Å². The summed E-state index contributed by atoms with van der Waals surface area (Å²) in [5.41, 5.74) is 2.05. The van der Waals surface area contributed by atoms with E-state index in [4.69, 9.17) is 10.6 Å². The van der Waals surface area contributed by atoms with E-state index in [0.717, 1.165) is 17.7 Å². The standard InChI is InChI=1S/C22H27N5O2S/c1-4-16(17-8-6-5-7-9-17)14-24-21(28)15(2)30-22-26-25-20(27(22)23)18-10-12-19(29-3)13-11-18/h5-13,15-16H,4,14,23H2,1-3H3,(H,24,28)/t15-,16+/m1/s1. The molecule has 0 bridgehead atoms. The van der Waals surface area contributed by atoms with Crippen molar-refractivity contribution in [3.05, 3.63) is 60.2 Å². The van der Waals surface area contributed by atoms with E-state index < -0.39 is 0 Å². The Hall–Kier alpha value is -3.00. The summed E-state index contributed by atoms with van der Waals surface area (Å²) in [5, 5.41) is 11.5. The summed E-state index contributed by atoms with van der Waals surface area (Å²) in [6.07, 6.45) is 0.953. The largest absolute Gasteiger partial charge is 0.497 e. The minimum Gasteiger partial charge on any atom is -0.497 e. The molecule has 0 unspecified atom stereocenters. The van der Waals surface area contributed by atoms with Gasteiger partial charge in [-0.05, 0) is 43.2 Å². The van der Waals surface area contributed by atoms with E-state index in [0.29, 0.717) is 17.5 Å². The molecule has 158 valence electrons. The molecule has 0 aliphatic carbocycles. The first-order valence-corrected chi connectivity index (χ1v) is 10.8. The van der Waals surface area contributed by atoms with Crippen LogP contribution in [-0.4, -0.2) is 39.7 Å². The first kappa shape index (κ1) is 21.7. The Morgan fingerprint density at radius 3 is 2.50 bits per heavy atom. The number of nitrogens with one attached hydrogen (secondary N) is 1. The Balaban J connectivity index is 1.60. The lowest BCUT2D eigenvalue weighted by Crippen LogP contribution is -2.34. The normalized spacial score (nSPS) is 12.9. The van der Waals surface area contributed by atoms with Crippen molar-refractivity contribution in [1.82, 2.24) is 20.2 Å². The van der Waals surface area contributed by atoms with Crippen molar-refractivity contribution in [2.45, 2.75) is 36.6 Å². The van der Waals surface area contributed by atoms with Crippen molar-refractivity contribution < 1.29 is 9.53 Å². The lowest BCUT2D eigenvalue weighted by atomic mass is 9.96. The predicted octanol–water partition coefficient (Wildman–Crippen LogP) is 3.46. The van der Waals surface area contributed by atoms with Gasteiger partial charge in [0.1, 0.15) is 5.75 Å². The maximum Gasteiger partial charge on any atom is 0.233 e. The molecule has 8 heteroatoms. The van der Waals surface area contributed by atoms with E-state index in [-0.39, 0.29) is 17.1 Å². The summed E-state index contributed by atoms with van der Waals surface area (Å²) in [6.45, 7) is 4.56. The lowest BCUT2D eigenvalue weighted by molar-refractivity contribution is -0.120. The molecular weight excluding hydrogens is 398 g/mol. The SMILES string of the molecule is CC[C@@H](CNC(=O)[C@@H](C)Sc1nnc(-c2ccc(OC)cc2)n1N)c1ccccc1. The topological polar surface area (TPSA) is 95.1 Å². The van der Waals surface area contributed by atoms with Crippen molar-refractivity contribution in [3.63, 3.8) is 0 Å². The van der Waals surface area contributed by atoms with Gasteiger partial charge in [0.2, 0.25) is 11.1 Å². The number of methoxy groups -OCH3 is 1. The molecule has 1 heterocycles. The van der Waals surface area contributed by atoms with Gasteiger partial charge in [-0.25, -0.2) is 4.68 Å². The number of nitrogen functional groups attached to an aromatic ring is 1. The molecular formula is C22H27N5O2S. The van der Waals surface area contributed by atoms with E-state index in [1.54, 1.807) is 7.11 Å². The fraction of sp³-hybridized carbons (Fsp3) is 0.318. The number of hydrogen-bond donors (Lipinski definition) is 2. The lowest BCUT2D eigenvalue weighted by Gasteiger charge is -2.18. The van der Waals surface area contributed by atoms with Crippen molar-refractivity contribution in [1.29, 1.82) is 0 Å². The van der Waals surface area contributed by atoms with E-state index in [1.807, 2.05) is 49.4 Å². The number of carbonyl (C=O) groups excluding carboxylic acids is 1. The maximum absolute atomic E-state index is 12.6. The van der Waals surface area contributed by atoms with Crippen LogP contribution in [0.15, 0.2) is 59.8 Å². The molecule has 0 spiro atoms. The van der Waals surface area contributed by atoms with Crippen LogP contribution in [0.25, 0.3) is 11.4 Å². The molecule has 1 aromatic heterocycles. The Kier molecular flexibility index (Phi) is 7.35. The van der Waals surface area contributed by atoms with Gasteiger partial charge in [-0.2, -0.15) is 0 Å². The van der Waals surface area contributed by atoms with Gasteiger partial charge >= 0.3 is 0 Å². The van der Waals surface area contributed by atoms with Crippen LogP contribution in [-0.2, 0) is 4.79 Å². The summed E-state index contributed by atoms with van der Waals surface area (Å²) < 4.78 is 6.58. The first-order valence-electron chi connectivity index (χ1n) is 9.87. The first-order chi connectivity index (χ1) is 14.5. The quantitative estimate of drug-likeness (QED) is 0.403. The number of benzene rings is 2. The van der Waals surface area contributed by atoms with E-state index >= 15 is 0 Å². The van der Waals surface area contributed by atoms with Crippen molar-refractivity contribution in [2.24, 2.45) is 0 Å². The fourth-order valence-corrected chi connectivity index (χ4v) is 3.89. The molecule has 3 rings (SSSR count). The molecule has 0 saturated carbocycles. The average molecular weight is 426 g/mol. The van der Waals surface area contributed by atoms with Crippen molar-refractivity contribution >= 4 is 17.7 Å². The molecule has 30 heavy (non-hydrogen) atoms. The van der Waals surface area contributed by atoms with Gasteiger partial charge in [0.25, 0.3) is 0 Å². The zero-order valence-electron chi connectivity index (χ0n) is 17.4. The molecule has 7 nitrogen and oxygen atoms in total. The summed E-state index contributed by atoms with van der Waals surface area (Å²) in [7, 11) is 1.62. The highest BCUT2D eigenvalue weighted by molar-refractivity contribution is 8.00. The van der Waals surface area contributed by atoms with Crippen LogP contribution in [0.5, 0.6) is 5.75 Å². The second-order valence-electron chi connectivity index (χ2n) is 6.93. The number of nitrogens with two attached hydrogens (primary N) is 1. The summed E-state index contributed by atoms with van der Waals surface area (Å²) in [4.78, 5) is 12.6. The number of ether oxygens (including phenoxy) is 1. The summed E-state index contributed by atoms with van der Waals surface area (Å²) in [6, 6.07) is 17.6. The smallest absolute Gasteiger partial charge is 0.233 e. The molecule has 2 aromatic carbocycles. The van der Waals surface area contributed by atoms with Crippen LogP contribution >= 0.6 is 11.8 Å². The number of thioether (sulfide) groups is 1. The number of aromatic nitrogens is 3. The second kappa shape index (κ2) is 10.2. The van der Waals surface area contributed by atoms with Crippen LogP contribution in [0.2, 0.25) is 0 Å². The third kappa shape index (κ3) is 5.13. The van der Waals surface area contributed by atoms with Gasteiger partial charge in [0.05, 0.1) is 12.4 Å². The second-order valence-corrected chi connectivity index (χ2v) is 8.23. The molecule has 0 aliphatic rings. The molecule has 2 atom stereocenters. The Morgan fingerprint density at radius 2 is 1.87 bits per heavy atom. The minimum atomic E-state index is -0.353. The van der Waals surface area contributed by atoms with E-state index in [2.05, 4.69) is 34.6 Å². The van der Waals surface area contributed by atoms with Gasteiger partial charge in [-0.1, -0.05) is 49.0 Å². The van der Waals surface area contributed by atoms with Gasteiger partial charge < -0.3 is 15.9 Å². The Morgan fingerprint density at radius 1 is 1.17 bits per heavy atom. The van der Waals surface area contributed by atoms with Gasteiger partial charge in [0, 0.05) is 18.0 Å². The average Bonchev–Trinajstić information content (AvgIpc) is 3.14. The zero-order chi connectivity index (χ0) is 21.5. The Labute approximate surface area is 181 Å². The highest BCUT2D eigenvalue weighted by atomic mass is 32.2. The Bertz CT molecular complexity index is 959. The zero-order valence-corrected chi connectivity index (χ0v) is 18.2. The van der Waals surface area contributed by atoms with Crippen molar-refractivity contribution in [3.8, 4) is 17.1 Å². The van der Waals surface area contributed by atoms with Crippen LogP contribution in [0, 0.1) is 0 Å². The van der Waals surface area contributed by atoms with Crippen LogP contribution in [0.4, 0.5) is 0 Å². The van der Waals surface area contributed by atoms with Crippen LogP contribution in [0.3, 0.4) is 0 Å². The van der Waals surface area contributed by atoms with Gasteiger partial charge in [-0.15, -0.1) is 10.2 Å². The number of hydrogen-bond acceptors (Lipinski definition) is 6. The third-order valence-corrected chi connectivity index (χ3v) is 6.01. The molecule has 0 aliphatic heterocycles. The molecule has 0 radical (unpaired) electrons. The molecule has 3 N–H and O–H groups in total. The van der Waals surface area contributed by atoms with Crippen LogP contribution in [0.1, 0.15) is 31.7 Å². The van der Waals surface area contributed by atoms with E-state index in [9.17, 15) is 4.79 Å². The third-order valence-electron chi connectivity index (χ3n) is 4.95. The number of amides is 1. The molecule has 0 fully saturated rings. The van der Waals surface area contributed by atoms with Crippen molar-refractivity contribution in [2.75, 3.05) is 19.5 Å². The maximum atomic E-state index is 12.6. The minimum absolute atomic E-state index is 0.0524. The van der Waals surface area contributed by atoms with Crippen LogP contribution < -0.4 is 15.9 Å². The number of nitrogens with zero attached hydrogens (tertiary/aromatic N) is 3. The molecule has 0 saturated heterocycles. The number of carbonyl (C=O) groups is 1. The summed E-state index contributed by atoms with van der Waals surface area (Å²) >= 11 is 1.28. The predicted molar refractivity (Wildman–Crippen MR) is 120 cm³/mol. The van der Waals surface area contributed by atoms with Gasteiger partial charge in [-0.3, -0.25) is 4.79 Å². The molecule has 3 aromatic rings. The molecule has 1 amide bonds. The number of rotatable bonds is 9. The fourth-order valence-electron chi connectivity index (χ4n) is 3.10.